The zero-order chi connectivity index (χ0) is 29.6. The summed E-state index contributed by atoms with van der Waals surface area (Å²) in [5.41, 5.74) is 16.0. The topological polar surface area (TPSA) is 70.1 Å². The highest BCUT2D eigenvalue weighted by atomic mass is 35.5. The van der Waals surface area contributed by atoms with Crippen molar-refractivity contribution in [3.05, 3.63) is 116 Å². The summed E-state index contributed by atoms with van der Waals surface area (Å²) in [5, 5.41) is 11.2. The van der Waals surface area contributed by atoms with Crippen LogP contribution in [0, 0.1) is 44.4 Å². The van der Waals surface area contributed by atoms with Crippen molar-refractivity contribution in [1.29, 1.82) is 5.26 Å². The number of nitriles is 1. The van der Waals surface area contributed by atoms with E-state index >= 15 is 0 Å². The molecule has 0 radical (unpaired) electrons. The van der Waals surface area contributed by atoms with Crippen molar-refractivity contribution in [3.63, 3.8) is 0 Å². The summed E-state index contributed by atoms with van der Waals surface area (Å²) in [6, 6.07) is 21.0. The van der Waals surface area contributed by atoms with Gasteiger partial charge >= 0.3 is 0 Å². The van der Waals surface area contributed by atoms with Gasteiger partial charge in [0.15, 0.2) is 5.78 Å². The molecule has 5 rings (SSSR count). The molecule has 210 valence electrons. The van der Waals surface area contributed by atoms with E-state index < -0.39 is 5.92 Å². The zero-order valence-corrected chi connectivity index (χ0v) is 26.1. The van der Waals surface area contributed by atoms with E-state index in [4.69, 9.17) is 17.3 Å². The molecule has 0 saturated heterocycles. The van der Waals surface area contributed by atoms with Crippen molar-refractivity contribution in [2.24, 2.45) is 11.1 Å². The van der Waals surface area contributed by atoms with Crippen LogP contribution in [0.25, 0.3) is 0 Å². The number of hydrogen-bond donors (Lipinski definition) is 1. The number of carbonyl (C=O) groups is 1. The third-order valence-corrected chi connectivity index (χ3v) is 9.94. The Labute approximate surface area is 252 Å². The summed E-state index contributed by atoms with van der Waals surface area (Å²) < 4.78 is 0. The van der Waals surface area contributed by atoms with Gasteiger partial charge in [-0.3, -0.25) is 9.69 Å². The molecule has 2 N–H and O–H groups in total. The second-order valence-electron chi connectivity index (χ2n) is 12.1. The predicted molar refractivity (Wildman–Crippen MR) is 170 cm³/mol. The Morgan fingerprint density at radius 2 is 1.73 bits per heavy atom. The number of Topliss-reactive ketones (excluding diaryl/α,β-unsaturated/α-hetero) is 1. The molecule has 1 unspecified atom stereocenters. The first-order chi connectivity index (χ1) is 19.4. The summed E-state index contributed by atoms with van der Waals surface area (Å²) in [5.74, 6) is 0.704. The monoisotopic (exact) mass is 581 g/mol. The molecule has 0 spiro atoms. The highest BCUT2D eigenvalue weighted by Gasteiger charge is 2.45. The molecular formula is C35H36ClN3OS. The van der Waals surface area contributed by atoms with Gasteiger partial charge in [-0.15, -0.1) is 11.8 Å². The minimum absolute atomic E-state index is 0.0699. The number of nitrogens with two attached hydrogens (primary N) is 1. The number of nitrogens with zero attached hydrogens (tertiary/aromatic N) is 2. The fourth-order valence-corrected chi connectivity index (χ4v) is 7.36. The van der Waals surface area contributed by atoms with Crippen LogP contribution in [-0.4, -0.2) is 5.78 Å². The Balaban J connectivity index is 1.68. The predicted octanol–water partition coefficient (Wildman–Crippen LogP) is 8.81. The molecule has 6 heteroatoms. The summed E-state index contributed by atoms with van der Waals surface area (Å²) >= 11 is 8.34. The second-order valence-corrected chi connectivity index (χ2v) is 13.5. The Morgan fingerprint density at radius 1 is 1.00 bits per heavy atom. The molecule has 1 aliphatic carbocycles. The molecule has 0 aromatic heterocycles. The number of ketones is 1. The van der Waals surface area contributed by atoms with Crippen molar-refractivity contribution in [2.45, 2.75) is 71.0 Å². The van der Waals surface area contributed by atoms with Gasteiger partial charge in [-0.1, -0.05) is 61.8 Å². The maximum absolute atomic E-state index is 14.0. The lowest BCUT2D eigenvalue weighted by Crippen LogP contribution is -2.42. The number of benzene rings is 3. The molecule has 1 atom stereocenters. The number of aryl methyl sites for hydroxylation is 4. The van der Waals surface area contributed by atoms with Gasteiger partial charge in [0.2, 0.25) is 0 Å². The lowest BCUT2D eigenvalue weighted by Gasteiger charge is -2.44. The zero-order valence-electron chi connectivity index (χ0n) is 24.6. The summed E-state index contributed by atoms with van der Waals surface area (Å²) in [7, 11) is 0. The largest absolute Gasteiger partial charge is 0.384 e. The minimum Gasteiger partial charge on any atom is -0.384 e. The molecule has 0 amide bonds. The van der Waals surface area contributed by atoms with Crippen LogP contribution in [0.3, 0.4) is 0 Å². The van der Waals surface area contributed by atoms with Crippen LogP contribution in [0.1, 0.15) is 66.0 Å². The quantitative estimate of drug-likeness (QED) is 0.305. The van der Waals surface area contributed by atoms with E-state index in [0.29, 0.717) is 34.8 Å². The first-order valence-corrected chi connectivity index (χ1v) is 15.3. The van der Waals surface area contributed by atoms with Crippen molar-refractivity contribution in [1.82, 2.24) is 0 Å². The SMILES string of the molecule is Cc1ccc(N2C(N)=C(C#N)C(c3cc(CSc4ccccc4C)c(C)cc3C)C3=C2CC(C)(C)CC3=O)cc1Cl. The number of hydrogen-bond acceptors (Lipinski definition) is 5. The number of thioether (sulfide) groups is 1. The lowest BCUT2D eigenvalue weighted by atomic mass is 9.68. The maximum atomic E-state index is 14.0. The van der Waals surface area contributed by atoms with Crippen LogP contribution in [-0.2, 0) is 10.5 Å². The molecule has 2 aliphatic rings. The third kappa shape index (κ3) is 5.44. The van der Waals surface area contributed by atoms with Crippen LogP contribution in [0.4, 0.5) is 5.69 Å². The average molecular weight is 582 g/mol. The van der Waals surface area contributed by atoms with Gasteiger partial charge in [-0.2, -0.15) is 5.26 Å². The fourth-order valence-electron chi connectivity index (χ4n) is 6.09. The Kier molecular flexibility index (Phi) is 7.85. The van der Waals surface area contributed by atoms with Crippen molar-refractivity contribution in [3.8, 4) is 6.07 Å². The van der Waals surface area contributed by atoms with E-state index in [1.54, 1.807) is 11.8 Å². The van der Waals surface area contributed by atoms with Crippen LogP contribution < -0.4 is 10.6 Å². The number of anilines is 1. The van der Waals surface area contributed by atoms with Gasteiger partial charge in [0.1, 0.15) is 5.82 Å². The Morgan fingerprint density at radius 3 is 2.41 bits per heavy atom. The summed E-state index contributed by atoms with van der Waals surface area (Å²) in [4.78, 5) is 17.2. The number of rotatable bonds is 5. The highest BCUT2D eigenvalue weighted by Crippen LogP contribution is 2.51. The van der Waals surface area contributed by atoms with Crippen LogP contribution in [0.2, 0.25) is 5.02 Å². The smallest absolute Gasteiger partial charge is 0.162 e. The van der Waals surface area contributed by atoms with Gasteiger partial charge in [0.25, 0.3) is 0 Å². The van der Waals surface area contributed by atoms with E-state index in [9.17, 15) is 10.1 Å². The number of halogens is 1. The molecule has 1 aliphatic heterocycles. The van der Waals surface area contributed by atoms with Crippen LogP contribution in [0.5, 0.6) is 0 Å². The first-order valence-electron chi connectivity index (χ1n) is 13.9. The molecule has 1 heterocycles. The molecule has 41 heavy (non-hydrogen) atoms. The summed E-state index contributed by atoms with van der Waals surface area (Å²) in [6.45, 7) is 12.5. The second kappa shape index (κ2) is 11.1. The molecule has 0 saturated carbocycles. The number of carbonyl (C=O) groups excluding carboxylic acids is 1. The Bertz CT molecular complexity index is 1680. The van der Waals surface area contributed by atoms with E-state index in [2.05, 4.69) is 77.1 Å². The molecule has 3 aromatic rings. The van der Waals surface area contributed by atoms with Crippen molar-refractivity contribution in [2.75, 3.05) is 4.90 Å². The van der Waals surface area contributed by atoms with Crippen molar-refractivity contribution >= 4 is 34.8 Å². The van der Waals surface area contributed by atoms with Gasteiger partial charge in [0, 0.05) is 39.0 Å². The van der Waals surface area contributed by atoms with E-state index in [1.165, 1.54) is 21.6 Å². The maximum Gasteiger partial charge on any atom is 0.162 e. The number of allylic oxidation sites excluding steroid dienone is 3. The Hall–Kier alpha value is -3.46. The molecule has 0 bridgehead atoms. The van der Waals surface area contributed by atoms with Crippen LogP contribution in [0.15, 0.2) is 82.2 Å². The standard InChI is InChI=1S/C35H36ClN3OS/c1-20-11-12-25(15-28(20)36)39-29-16-35(5,6)17-30(40)33(29)32(27(18-37)34(39)38)26-14-24(22(3)13-23(26)4)19-41-31-10-8-7-9-21(31)2/h7-15,32H,16-17,19,38H2,1-6H3. The molecule has 3 aromatic carbocycles. The first kappa shape index (κ1) is 29.0. The van der Waals surface area contributed by atoms with Gasteiger partial charge < -0.3 is 5.73 Å². The normalized spacial score (nSPS) is 18.4. The molecule has 4 nitrogen and oxygen atoms in total. The summed E-state index contributed by atoms with van der Waals surface area (Å²) in [6.07, 6.45) is 1.08. The average Bonchev–Trinajstić information content (AvgIpc) is 2.90. The van der Waals surface area contributed by atoms with Crippen molar-refractivity contribution < 1.29 is 4.79 Å². The van der Waals surface area contributed by atoms with Crippen LogP contribution >= 0.6 is 23.4 Å². The lowest BCUT2D eigenvalue weighted by molar-refractivity contribution is -0.118. The fraction of sp³-hybridized carbons (Fsp3) is 0.314. The van der Waals surface area contributed by atoms with Gasteiger partial charge in [-0.05, 0) is 91.1 Å². The minimum atomic E-state index is -0.515. The molecule has 0 fully saturated rings. The van der Waals surface area contributed by atoms with Gasteiger partial charge in [-0.25, -0.2) is 0 Å². The molecular weight excluding hydrogens is 546 g/mol. The van der Waals surface area contributed by atoms with E-state index in [0.717, 1.165) is 33.8 Å². The third-order valence-electron chi connectivity index (χ3n) is 8.31. The highest BCUT2D eigenvalue weighted by molar-refractivity contribution is 7.98. The van der Waals surface area contributed by atoms with Gasteiger partial charge in [0.05, 0.1) is 17.6 Å². The van der Waals surface area contributed by atoms with E-state index in [1.807, 2.05) is 30.0 Å². The van der Waals surface area contributed by atoms with E-state index in [-0.39, 0.29) is 11.2 Å².